The van der Waals surface area contributed by atoms with Gasteiger partial charge in [-0.2, -0.15) is 0 Å². The Morgan fingerprint density at radius 2 is 1.67 bits per heavy atom. The SMILES string of the molecule is C=CCc1ccc(C(C)(CN(C)C)N(C)C)cc1. The third-order valence-corrected chi connectivity index (χ3v) is 3.57. The molecule has 0 amide bonds. The van der Waals surface area contributed by atoms with E-state index in [4.69, 9.17) is 0 Å². The number of hydrogen-bond donors (Lipinski definition) is 0. The van der Waals surface area contributed by atoms with E-state index >= 15 is 0 Å². The highest BCUT2D eigenvalue weighted by Gasteiger charge is 2.29. The monoisotopic (exact) mass is 246 g/mol. The van der Waals surface area contributed by atoms with Gasteiger partial charge in [0.05, 0.1) is 5.54 Å². The molecule has 2 nitrogen and oxygen atoms in total. The molecule has 1 atom stereocenters. The molecule has 100 valence electrons. The predicted molar refractivity (Wildman–Crippen MR) is 79.9 cm³/mol. The second-order valence-electron chi connectivity index (χ2n) is 5.60. The van der Waals surface area contributed by atoms with Crippen LogP contribution in [0.5, 0.6) is 0 Å². The van der Waals surface area contributed by atoms with E-state index in [1.165, 1.54) is 11.1 Å². The van der Waals surface area contributed by atoms with Crippen LogP contribution in [0.25, 0.3) is 0 Å². The highest BCUT2D eigenvalue weighted by atomic mass is 15.2. The maximum Gasteiger partial charge on any atom is 0.0554 e. The normalized spacial score (nSPS) is 14.8. The Morgan fingerprint density at radius 1 is 1.11 bits per heavy atom. The first-order valence-electron chi connectivity index (χ1n) is 6.42. The maximum atomic E-state index is 3.78. The lowest BCUT2D eigenvalue weighted by Gasteiger charge is -2.39. The summed E-state index contributed by atoms with van der Waals surface area (Å²) < 4.78 is 0. The maximum absolute atomic E-state index is 3.78. The highest BCUT2D eigenvalue weighted by molar-refractivity contribution is 5.29. The van der Waals surface area contributed by atoms with Gasteiger partial charge in [-0.05, 0) is 52.7 Å². The van der Waals surface area contributed by atoms with Gasteiger partial charge in [-0.15, -0.1) is 6.58 Å². The summed E-state index contributed by atoms with van der Waals surface area (Å²) in [5.74, 6) is 0. The Kier molecular flexibility index (Phi) is 5.12. The molecule has 0 fully saturated rings. The van der Waals surface area contributed by atoms with Crippen LogP contribution >= 0.6 is 0 Å². The number of rotatable bonds is 6. The topological polar surface area (TPSA) is 6.48 Å². The standard InChI is InChI=1S/C16H26N2/c1-7-8-14-9-11-15(12-10-14)16(2,18(5)6)13-17(3)4/h7,9-12H,1,8,13H2,2-6H3. The quantitative estimate of drug-likeness (QED) is 0.712. The molecule has 1 aromatic rings. The van der Waals surface area contributed by atoms with E-state index in [-0.39, 0.29) is 5.54 Å². The minimum Gasteiger partial charge on any atom is -0.307 e. The van der Waals surface area contributed by atoms with Gasteiger partial charge >= 0.3 is 0 Å². The van der Waals surface area contributed by atoms with Gasteiger partial charge in [0.25, 0.3) is 0 Å². The molecule has 0 saturated carbocycles. The molecule has 0 radical (unpaired) electrons. The van der Waals surface area contributed by atoms with E-state index in [2.05, 4.69) is 75.8 Å². The first kappa shape index (κ1) is 14.9. The van der Waals surface area contributed by atoms with E-state index in [1.54, 1.807) is 0 Å². The van der Waals surface area contributed by atoms with E-state index in [0.29, 0.717) is 0 Å². The van der Waals surface area contributed by atoms with E-state index in [1.807, 2.05) is 6.08 Å². The lowest BCUT2D eigenvalue weighted by atomic mass is 9.89. The van der Waals surface area contributed by atoms with Crippen LogP contribution in [-0.2, 0) is 12.0 Å². The van der Waals surface area contributed by atoms with Crippen molar-refractivity contribution in [3.8, 4) is 0 Å². The van der Waals surface area contributed by atoms with Crippen molar-refractivity contribution < 1.29 is 0 Å². The summed E-state index contributed by atoms with van der Waals surface area (Å²) in [5, 5.41) is 0. The molecule has 0 heterocycles. The minimum atomic E-state index is 0.0379. The lowest BCUT2D eigenvalue weighted by molar-refractivity contribution is 0.128. The molecule has 1 rings (SSSR count). The Morgan fingerprint density at radius 3 is 2.06 bits per heavy atom. The molecular weight excluding hydrogens is 220 g/mol. The third-order valence-electron chi connectivity index (χ3n) is 3.57. The van der Waals surface area contributed by atoms with Gasteiger partial charge in [-0.3, -0.25) is 4.90 Å². The smallest absolute Gasteiger partial charge is 0.0554 e. The molecule has 0 aliphatic heterocycles. The molecule has 18 heavy (non-hydrogen) atoms. The third kappa shape index (κ3) is 3.44. The molecule has 1 unspecified atom stereocenters. The van der Waals surface area contributed by atoms with Crippen LogP contribution in [0.2, 0.25) is 0 Å². The summed E-state index contributed by atoms with van der Waals surface area (Å²) in [4.78, 5) is 4.52. The van der Waals surface area contributed by atoms with Crippen molar-refractivity contribution in [1.29, 1.82) is 0 Å². The zero-order valence-electron chi connectivity index (χ0n) is 12.4. The van der Waals surface area contributed by atoms with E-state index < -0.39 is 0 Å². The number of allylic oxidation sites excluding steroid dienone is 1. The summed E-state index contributed by atoms with van der Waals surface area (Å²) in [6, 6.07) is 8.88. The van der Waals surface area contributed by atoms with Crippen LogP contribution in [0.4, 0.5) is 0 Å². The molecular formula is C16H26N2. The van der Waals surface area contributed by atoms with Crippen molar-refractivity contribution in [2.45, 2.75) is 18.9 Å². The molecule has 0 saturated heterocycles. The molecule has 2 heteroatoms. The number of benzene rings is 1. The van der Waals surface area contributed by atoms with Crippen molar-refractivity contribution in [2.24, 2.45) is 0 Å². The summed E-state index contributed by atoms with van der Waals surface area (Å²) in [5.41, 5.74) is 2.71. The minimum absolute atomic E-state index is 0.0379. The van der Waals surface area contributed by atoms with Crippen molar-refractivity contribution in [3.05, 3.63) is 48.0 Å². The number of hydrogen-bond acceptors (Lipinski definition) is 2. The van der Waals surface area contributed by atoms with Crippen LogP contribution in [0.3, 0.4) is 0 Å². The zero-order chi connectivity index (χ0) is 13.8. The summed E-state index contributed by atoms with van der Waals surface area (Å²) in [6.07, 6.45) is 2.88. The van der Waals surface area contributed by atoms with Gasteiger partial charge in [0.15, 0.2) is 0 Å². The second-order valence-corrected chi connectivity index (χ2v) is 5.60. The largest absolute Gasteiger partial charge is 0.307 e. The molecule has 0 aromatic heterocycles. The van der Waals surface area contributed by atoms with Crippen LogP contribution < -0.4 is 0 Å². The average molecular weight is 246 g/mol. The summed E-state index contributed by atoms with van der Waals surface area (Å²) in [7, 11) is 8.52. The van der Waals surface area contributed by atoms with Gasteiger partial charge < -0.3 is 4.90 Å². The molecule has 0 N–H and O–H groups in total. The van der Waals surface area contributed by atoms with Gasteiger partial charge in [0, 0.05) is 6.54 Å². The van der Waals surface area contributed by atoms with E-state index in [0.717, 1.165) is 13.0 Å². The van der Waals surface area contributed by atoms with Crippen LogP contribution in [0, 0.1) is 0 Å². The molecule has 0 spiro atoms. The first-order chi connectivity index (χ1) is 8.40. The fraction of sp³-hybridized carbons (Fsp3) is 0.500. The Bertz CT molecular complexity index is 379. The van der Waals surface area contributed by atoms with Crippen LogP contribution in [0.1, 0.15) is 18.1 Å². The highest BCUT2D eigenvalue weighted by Crippen LogP contribution is 2.27. The number of likely N-dealkylation sites (N-methyl/N-ethyl adjacent to an activating group) is 2. The zero-order valence-corrected chi connectivity index (χ0v) is 12.4. The van der Waals surface area contributed by atoms with Gasteiger partial charge in [0.1, 0.15) is 0 Å². The molecule has 0 aliphatic carbocycles. The van der Waals surface area contributed by atoms with Gasteiger partial charge in [0.2, 0.25) is 0 Å². The molecule has 0 bridgehead atoms. The van der Waals surface area contributed by atoms with Crippen molar-refractivity contribution in [2.75, 3.05) is 34.7 Å². The van der Waals surface area contributed by atoms with E-state index in [9.17, 15) is 0 Å². The van der Waals surface area contributed by atoms with Crippen LogP contribution in [0.15, 0.2) is 36.9 Å². The summed E-state index contributed by atoms with van der Waals surface area (Å²) in [6.45, 7) is 7.07. The average Bonchev–Trinajstić information content (AvgIpc) is 2.29. The summed E-state index contributed by atoms with van der Waals surface area (Å²) >= 11 is 0. The Balaban J connectivity index is 3.02. The first-order valence-corrected chi connectivity index (χ1v) is 6.42. The fourth-order valence-corrected chi connectivity index (χ4v) is 2.27. The predicted octanol–water partition coefficient (Wildman–Crippen LogP) is 2.75. The molecule has 0 aliphatic rings. The number of nitrogens with zero attached hydrogens (tertiary/aromatic N) is 2. The van der Waals surface area contributed by atoms with Gasteiger partial charge in [-0.1, -0.05) is 30.3 Å². The molecule has 1 aromatic carbocycles. The van der Waals surface area contributed by atoms with Crippen molar-refractivity contribution in [1.82, 2.24) is 9.80 Å². The fourth-order valence-electron chi connectivity index (χ4n) is 2.27. The van der Waals surface area contributed by atoms with Crippen LogP contribution in [-0.4, -0.2) is 44.5 Å². The van der Waals surface area contributed by atoms with Gasteiger partial charge in [-0.25, -0.2) is 0 Å². The lowest BCUT2D eigenvalue weighted by Crippen LogP contribution is -2.46. The Hall–Kier alpha value is -1.12. The Labute approximate surface area is 112 Å². The second kappa shape index (κ2) is 6.17. The van der Waals surface area contributed by atoms with Crippen molar-refractivity contribution >= 4 is 0 Å². The van der Waals surface area contributed by atoms with Crippen molar-refractivity contribution in [3.63, 3.8) is 0 Å².